The molecule has 0 amide bonds. The minimum Gasteiger partial charge on any atom is -0.467 e. The van der Waals surface area contributed by atoms with Gasteiger partial charge in [-0.25, -0.2) is 0 Å². The Morgan fingerprint density at radius 1 is 1.71 bits per heavy atom. The van der Waals surface area contributed by atoms with Crippen molar-refractivity contribution in [2.24, 2.45) is 0 Å². The second-order valence-electron chi connectivity index (χ2n) is 2.88. The predicted octanol–water partition coefficient (Wildman–Crippen LogP) is 1.47. The molecular formula is C10H14N2O2. The normalized spacial score (nSPS) is 12.3. The van der Waals surface area contributed by atoms with Crippen LogP contribution in [0.25, 0.3) is 0 Å². The van der Waals surface area contributed by atoms with Gasteiger partial charge in [0.05, 0.1) is 12.3 Å². The van der Waals surface area contributed by atoms with Gasteiger partial charge in [0, 0.05) is 13.7 Å². The maximum absolute atomic E-state index is 8.85. The van der Waals surface area contributed by atoms with E-state index in [0.29, 0.717) is 12.4 Å². The molecule has 0 saturated heterocycles. The summed E-state index contributed by atoms with van der Waals surface area (Å²) in [4.78, 5) is 0. The molecule has 0 aliphatic rings. The summed E-state index contributed by atoms with van der Waals surface area (Å²) in [6.45, 7) is 1.44. The molecule has 1 aromatic heterocycles. The third-order valence-electron chi connectivity index (χ3n) is 1.83. The van der Waals surface area contributed by atoms with Crippen LogP contribution in [-0.4, -0.2) is 20.3 Å². The van der Waals surface area contributed by atoms with Gasteiger partial charge in [0.25, 0.3) is 0 Å². The van der Waals surface area contributed by atoms with Crippen LogP contribution in [0.5, 0.6) is 0 Å². The Labute approximate surface area is 83.5 Å². The number of hydrogen-bond acceptors (Lipinski definition) is 4. The third-order valence-corrected chi connectivity index (χ3v) is 1.83. The van der Waals surface area contributed by atoms with E-state index < -0.39 is 0 Å². The molecule has 76 valence electrons. The smallest absolute Gasteiger partial charge is 0.154 e. The molecule has 0 aromatic carbocycles. The van der Waals surface area contributed by atoms with Crippen LogP contribution in [-0.2, 0) is 4.74 Å². The number of nitrogens with zero attached hydrogens (tertiary/aromatic N) is 1. The molecule has 1 aromatic rings. The molecule has 0 saturated carbocycles. The van der Waals surface area contributed by atoms with Crippen LogP contribution in [0.1, 0.15) is 18.2 Å². The summed E-state index contributed by atoms with van der Waals surface area (Å²) >= 11 is 0. The lowest BCUT2D eigenvalue weighted by molar-refractivity contribution is 0.193. The predicted molar refractivity (Wildman–Crippen MR) is 51.6 cm³/mol. The van der Waals surface area contributed by atoms with Crippen molar-refractivity contribution in [3.05, 3.63) is 24.2 Å². The molecule has 4 heteroatoms. The van der Waals surface area contributed by atoms with E-state index in [1.54, 1.807) is 25.5 Å². The minimum atomic E-state index is -0.359. The van der Waals surface area contributed by atoms with Crippen molar-refractivity contribution in [3.63, 3.8) is 0 Å². The van der Waals surface area contributed by atoms with Gasteiger partial charge in [0.2, 0.25) is 0 Å². The SMILES string of the molecule is COCCCNC(C#N)c1ccco1. The summed E-state index contributed by atoms with van der Waals surface area (Å²) in [7, 11) is 1.66. The van der Waals surface area contributed by atoms with Crippen molar-refractivity contribution < 1.29 is 9.15 Å². The first-order valence-electron chi connectivity index (χ1n) is 4.54. The molecule has 14 heavy (non-hydrogen) atoms. The molecule has 0 bridgehead atoms. The van der Waals surface area contributed by atoms with Crippen molar-refractivity contribution in [1.29, 1.82) is 5.26 Å². The number of furan rings is 1. The summed E-state index contributed by atoms with van der Waals surface area (Å²) in [5, 5.41) is 11.9. The second-order valence-corrected chi connectivity index (χ2v) is 2.88. The number of nitriles is 1. The Balaban J connectivity index is 2.31. The molecular weight excluding hydrogens is 180 g/mol. The van der Waals surface area contributed by atoms with E-state index in [1.165, 1.54) is 0 Å². The van der Waals surface area contributed by atoms with Gasteiger partial charge in [-0.15, -0.1) is 0 Å². The van der Waals surface area contributed by atoms with Gasteiger partial charge in [-0.1, -0.05) is 0 Å². The Hall–Kier alpha value is -1.31. The number of ether oxygens (including phenoxy) is 1. The fourth-order valence-corrected chi connectivity index (χ4v) is 1.13. The fraction of sp³-hybridized carbons (Fsp3) is 0.500. The lowest BCUT2D eigenvalue weighted by Gasteiger charge is -2.07. The van der Waals surface area contributed by atoms with Gasteiger partial charge in [-0.2, -0.15) is 5.26 Å². The zero-order valence-electron chi connectivity index (χ0n) is 8.19. The highest BCUT2D eigenvalue weighted by atomic mass is 16.5. The number of methoxy groups -OCH3 is 1. The molecule has 0 aliphatic carbocycles. The fourth-order valence-electron chi connectivity index (χ4n) is 1.13. The Bertz CT molecular complexity index is 277. The molecule has 1 rings (SSSR count). The number of hydrogen-bond donors (Lipinski definition) is 1. The Kier molecular flexibility index (Phi) is 4.76. The van der Waals surface area contributed by atoms with Crippen molar-refractivity contribution in [2.75, 3.05) is 20.3 Å². The molecule has 4 nitrogen and oxygen atoms in total. The standard InChI is InChI=1S/C10H14N2O2/c1-13-6-3-5-12-9(8-11)10-4-2-7-14-10/h2,4,7,9,12H,3,5-6H2,1H3. The van der Waals surface area contributed by atoms with Gasteiger partial charge >= 0.3 is 0 Å². The average Bonchev–Trinajstić information content (AvgIpc) is 2.71. The first-order valence-corrected chi connectivity index (χ1v) is 4.54. The third kappa shape index (κ3) is 3.21. The molecule has 1 unspecified atom stereocenters. The number of rotatable bonds is 6. The van der Waals surface area contributed by atoms with Crippen LogP contribution in [0.15, 0.2) is 22.8 Å². The summed E-state index contributed by atoms with van der Waals surface area (Å²) in [5.74, 6) is 0.657. The Morgan fingerprint density at radius 3 is 3.14 bits per heavy atom. The molecule has 0 aliphatic heterocycles. The minimum absolute atomic E-state index is 0.359. The second kappa shape index (κ2) is 6.19. The molecule has 1 N–H and O–H groups in total. The monoisotopic (exact) mass is 194 g/mol. The van der Waals surface area contributed by atoms with Crippen LogP contribution in [0.2, 0.25) is 0 Å². The van der Waals surface area contributed by atoms with Gasteiger partial charge in [-0.05, 0) is 25.1 Å². The maximum Gasteiger partial charge on any atom is 0.154 e. The zero-order valence-corrected chi connectivity index (χ0v) is 8.19. The first kappa shape index (κ1) is 10.8. The molecule has 0 spiro atoms. The lowest BCUT2D eigenvalue weighted by atomic mass is 10.2. The molecule has 0 radical (unpaired) electrons. The average molecular weight is 194 g/mol. The topological polar surface area (TPSA) is 58.2 Å². The van der Waals surface area contributed by atoms with E-state index in [4.69, 9.17) is 14.4 Å². The maximum atomic E-state index is 8.85. The largest absolute Gasteiger partial charge is 0.467 e. The van der Waals surface area contributed by atoms with Gasteiger partial charge in [0.15, 0.2) is 6.04 Å². The molecule has 1 heterocycles. The van der Waals surface area contributed by atoms with E-state index in [1.807, 2.05) is 0 Å². The first-order chi connectivity index (χ1) is 6.88. The van der Waals surface area contributed by atoms with Crippen molar-refractivity contribution in [3.8, 4) is 6.07 Å². The van der Waals surface area contributed by atoms with Crippen molar-refractivity contribution in [2.45, 2.75) is 12.5 Å². The lowest BCUT2D eigenvalue weighted by Crippen LogP contribution is -2.21. The van der Waals surface area contributed by atoms with Crippen LogP contribution < -0.4 is 5.32 Å². The molecule has 1 atom stereocenters. The van der Waals surface area contributed by atoms with E-state index >= 15 is 0 Å². The van der Waals surface area contributed by atoms with E-state index in [9.17, 15) is 0 Å². The van der Waals surface area contributed by atoms with E-state index in [0.717, 1.165) is 13.0 Å². The Morgan fingerprint density at radius 2 is 2.57 bits per heavy atom. The van der Waals surface area contributed by atoms with Gasteiger partial charge in [0.1, 0.15) is 5.76 Å². The number of nitrogens with one attached hydrogen (secondary N) is 1. The molecule has 0 fully saturated rings. The summed E-state index contributed by atoms with van der Waals surface area (Å²) in [5.41, 5.74) is 0. The van der Waals surface area contributed by atoms with Crippen molar-refractivity contribution in [1.82, 2.24) is 5.32 Å². The zero-order chi connectivity index (χ0) is 10.2. The summed E-state index contributed by atoms with van der Waals surface area (Å²) < 4.78 is 10.0. The van der Waals surface area contributed by atoms with Crippen molar-refractivity contribution >= 4 is 0 Å². The van der Waals surface area contributed by atoms with Gasteiger partial charge < -0.3 is 9.15 Å². The highest BCUT2D eigenvalue weighted by molar-refractivity contribution is 5.12. The van der Waals surface area contributed by atoms with Crippen LogP contribution >= 0.6 is 0 Å². The van der Waals surface area contributed by atoms with Crippen LogP contribution in [0, 0.1) is 11.3 Å². The van der Waals surface area contributed by atoms with E-state index in [-0.39, 0.29) is 6.04 Å². The summed E-state index contributed by atoms with van der Waals surface area (Å²) in [6, 6.07) is 5.34. The van der Waals surface area contributed by atoms with Crippen LogP contribution in [0.4, 0.5) is 0 Å². The highest BCUT2D eigenvalue weighted by Crippen LogP contribution is 2.11. The summed E-state index contributed by atoms with van der Waals surface area (Å²) in [6.07, 6.45) is 2.45. The van der Waals surface area contributed by atoms with Crippen LogP contribution in [0.3, 0.4) is 0 Å². The highest BCUT2D eigenvalue weighted by Gasteiger charge is 2.11. The van der Waals surface area contributed by atoms with E-state index in [2.05, 4.69) is 11.4 Å². The van der Waals surface area contributed by atoms with Gasteiger partial charge in [-0.3, -0.25) is 5.32 Å². The quantitative estimate of drug-likeness (QED) is 0.697.